The van der Waals surface area contributed by atoms with E-state index in [0.29, 0.717) is 17.7 Å². The fraction of sp³-hybridized carbons (Fsp3) is 0.529. The standard InChI is InChI=1S/C15H20O4.C2H6/c1-4-11(3)18-15(17)10-12-8-6-7-9-13(12)19-14(16)5-2;1-2/h6-9,11H,4-5,10H2,1-3H3;1-2H3. The molecule has 1 rings (SSSR count). The number of rotatable bonds is 6. The summed E-state index contributed by atoms with van der Waals surface area (Å²) in [6, 6.07) is 7.01. The Bertz CT molecular complexity index is 440. The van der Waals surface area contributed by atoms with Crippen LogP contribution in [0.25, 0.3) is 0 Å². The Morgan fingerprint density at radius 1 is 1.10 bits per heavy atom. The van der Waals surface area contributed by atoms with Crippen LogP contribution in [0.15, 0.2) is 24.3 Å². The molecule has 0 amide bonds. The monoisotopic (exact) mass is 294 g/mol. The molecule has 0 aliphatic carbocycles. The Kier molecular flexibility index (Phi) is 9.94. The maximum absolute atomic E-state index is 11.7. The first kappa shape index (κ1) is 19.2. The number of hydrogen-bond acceptors (Lipinski definition) is 4. The lowest BCUT2D eigenvalue weighted by molar-refractivity contribution is -0.147. The number of benzene rings is 1. The van der Waals surface area contributed by atoms with Crippen molar-refractivity contribution >= 4 is 11.9 Å². The van der Waals surface area contributed by atoms with Crippen molar-refractivity contribution in [2.75, 3.05) is 0 Å². The third-order valence-corrected chi connectivity index (χ3v) is 2.73. The van der Waals surface area contributed by atoms with Crippen LogP contribution in [0, 0.1) is 0 Å². The van der Waals surface area contributed by atoms with Gasteiger partial charge in [-0.15, -0.1) is 0 Å². The Morgan fingerprint density at radius 2 is 1.71 bits per heavy atom. The van der Waals surface area contributed by atoms with Gasteiger partial charge in [-0.25, -0.2) is 0 Å². The zero-order chi connectivity index (χ0) is 16.3. The lowest BCUT2D eigenvalue weighted by atomic mass is 10.1. The fourth-order valence-electron chi connectivity index (χ4n) is 1.45. The van der Waals surface area contributed by atoms with Crippen LogP contribution in [-0.2, 0) is 20.7 Å². The van der Waals surface area contributed by atoms with E-state index in [1.807, 2.05) is 27.7 Å². The molecule has 0 aliphatic rings. The lowest BCUT2D eigenvalue weighted by Crippen LogP contribution is -2.16. The van der Waals surface area contributed by atoms with E-state index in [4.69, 9.17) is 9.47 Å². The van der Waals surface area contributed by atoms with E-state index in [1.54, 1.807) is 31.2 Å². The SMILES string of the molecule is CC.CCC(=O)Oc1ccccc1CC(=O)OC(C)CC. The molecule has 0 N–H and O–H groups in total. The average molecular weight is 294 g/mol. The second-order valence-electron chi connectivity index (χ2n) is 4.32. The van der Waals surface area contributed by atoms with Gasteiger partial charge in [0.15, 0.2) is 0 Å². The number of carbonyl (C=O) groups excluding carboxylic acids is 2. The van der Waals surface area contributed by atoms with Crippen LogP contribution in [0.3, 0.4) is 0 Å². The molecule has 0 spiro atoms. The van der Waals surface area contributed by atoms with Crippen molar-refractivity contribution in [3.05, 3.63) is 29.8 Å². The van der Waals surface area contributed by atoms with E-state index >= 15 is 0 Å². The van der Waals surface area contributed by atoms with Gasteiger partial charge in [0.25, 0.3) is 0 Å². The van der Waals surface area contributed by atoms with Crippen LogP contribution in [0.1, 0.15) is 53.0 Å². The minimum atomic E-state index is -0.317. The molecule has 0 saturated heterocycles. The first-order valence-corrected chi connectivity index (χ1v) is 7.54. The van der Waals surface area contributed by atoms with Gasteiger partial charge >= 0.3 is 11.9 Å². The molecule has 4 heteroatoms. The number of carbonyl (C=O) groups is 2. The summed E-state index contributed by atoms with van der Waals surface area (Å²) in [5.41, 5.74) is 0.664. The summed E-state index contributed by atoms with van der Waals surface area (Å²) in [5, 5.41) is 0. The van der Waals surface area contributed by atoms with Crippen molar-refractivity contribution in [1.29, 1.82) is 0 Å². The van der Waals surface area contributed by atoms with E-state index in [1.165, 1.54) is 0 Å². The predicted octanol–water partition coefficient (Wildman–Crippen LogP) is 3.91. The summed E-state index contributed by atoms with van der Waals surface area (Å²) in [4.78, 5) is 23.0. The zero-order valence-electron chi connectivity index (χ0n) is 13.6. The molecule has 4 nitrogen and oxygen atoms in total. The molecule has 0 aliphatic heterocycles. The van der Waals surface area contributed by atoms with Crippen molar-refractivity contribution < 1.29 is 19.1 Å². The number of hydrogen-bond donors (Lipinski definition) is 0. The first-order valence-electron chi connectivity index (χ1n) is 7.54. The van der Waals surface area contributed by atoms with Crippen LogP contribution in [0.2, 0.25) is 0 Å². The molecule has 21 heavy (non-hydrogen) atoms. The van der Waals surface area contributed by atoms with E-state index in [9.17, 15) is 9.59 Å². The van der Waals surface area contributed by atoms with Gasteiger partial charge in [-0.05, 0) is 19.4 Å². The maximum atomic E-state index is 11.7. The molecule has 118 valence electrons. The predicted molar refractivity (Wildman–Crippen MR) is 83.3 cm³/mol. The molecule has 1 unspecified atom stereocenters. The second kappa shape index (κ2) is 10.9. The highest BCUT2D eigenvalue weighted by molar-refractivity contribution is 5.76. The topological polar surface area (TPSA) is 52.6 Å². The van der Waals surface area contributed by atoms with E-state index < -0.39 is 0 Å². The molecule has 0 fully saturated rings. The van der Waals surface area contributed by atoms with Gasteiger partial charge in [0.2, 0.25) is 0 Å². The number of para-hydroxylation sites is 1. The second-order valence-corrected chi connectivity index (χ2v) is 4.32. The van der Waals surface area contributed by atoms with Gasteiger partial charge in [0.05, 0.1) is 12.5 Å². The molecular formula is C17H26O4. The Balaban J connectivity index is 0.00000191. The third-order valence-electron chi connectivity index (χ3n) is 2.73. The molecule has 0 aromatic heterocycles. The normalized spacial score (nSPS) is 10.9. The minimum Gasteiger partial charge on any atom is -0.462 e. The van der Waals surface area contributed by atoms with Gasteiger partial charge in [0, 0.05) is 12.0 Å². The smallest absolute Gasteiger partial charge is 0.310 e. The van der Waals surface area contributed by atoms with Gasteiger partial charge in [-0.3, -0.25) is 9.59 Å². The zero-order valence-corrected chi connectivity index (χ0v) is 13.6. The van der Waals surface area contributed by atoms with Crippen LogP contribution in [0.5, 0.6) is 5.75 Å². The Labute approximate surface area is 127 Å². The molecule has 1 aromatic rings. The van der Waals surface area contributed by atoms with Gasteiger partial charge in [0.1, 0.15) is 5.75 Å². The summed E-state index contributed by atoms with van der Waals surface area (Å²) in [5.74, 6) is -0.201. The molecule has 0 saturated carbocycles. The Morgan fingerprint density at radius 3 is 2.29 bits per heavy atom. The minimum absolute atomic E-state index is 0.0992. The first-order chi connectivity index (χ1) is 10.1. The summed E-state index contributed by atoms with van der Waals surface area (Å²) < 4.78 is 10.4. The van der Waals surface area contributed by atoms with E-state index in [2.05, 4.69) is 0 Å². The molecule has 0 heterocycles. The summed E-state index contributed by atoms with van der Waals surface area (Å²) in [7, 11) is 0. The molecule has 1 atom stereocenters. The van der Waals surface area contributed by atoms with Crippen molar-refractivity contribution in [2.45, 2.75) is 60.0 Å². The van der Waals surface area contributed by atoms with Gasteiger partial charge in [-0.2, -0.15) is 0 Å². The largest absolute Gasteiger partial charge is 0.462 e. The third kappa shape index (κ3) is 7.49. The lowest BCUT2D eigenvalue weighted by Gasteiger charge is -2.12. The van der Waals surface area contributed by atoms with Crippen molar-refractivity contribution in [3.8, 4) is 5.75 Å². The quantitative estimate of drug-likeness (QED) is 0.589. The summed E-state index contributed by atoms with van der Waals surface area (Å²) in [6.07, 6.45) is 1.08. The number of esters is 2. The average Bonchev–Trinajstić information content (AvgIpc) is 2.50. The maximum Gasteiger partial charge on any atom is 0.310 e. The summed E-state index contributed by atoms with van der Waals surface area (Å²) >= 11 is 0. The van der Waals surface area contributed by atoms with E-state index in [-0.39, 0.29) is 24.5 Å². The van der Waals surface area contributed by atoms with Crippen molar-refractivity contribution in [3.63, 3.8) is 0 Å². The van der Waals surface area contributed by atoms with E-state index in [0.717, 1.165) is 6.42 Å². The highest BCUT2D eigenvalue weighted by Crippen LogP contribution is 2.19. The Hall–Kier alpha value is -1.84. The van der Waals surface area contributed by atoms with Gasteiger partial charge in [-0.1, -0.05) is 45.9 Å². The fourth-order valence-corrected chi connectivity index (χ4v) is 1.45. The van der Waals surface area contributed by atoms with Crippen LogP contribution in [0.4, 0.5) is 0 Å². The highest BCUT2D eigenvalue weighted by atomic mass is 16.5. The number of ether oxygens (including phenoxy) is 2. The summed E-state index contributed by atoms with van der Waals surface area (Å²) in [6.45, 7) is 9.53. The molecule has 0 bridgehead atoms. The highest BCUT2D eigenvalue weighted by Gasteiger charge is 2.13. The van der Waals surface area contributed by atoms with Crippen LogP contribution < -0.4 is 4.74 Å². The van der Waals surface area contributed by atoms with Crippen molar-refractivity contribution in [2.24, 2.45) is 0 Å². The van der Waals surface area contributed by atoms with Crippen LogP contribution in [-0.4, -0.2) is 18.0 Å². The molecule has 0 radical (unpaired) electrons. The van der Waals surface area contributed by atoms with Gasteiger partial charge < -0.3 is 9.47 Å². The molecular weight excluding hydrogens is 268 g/mol. The van der Waals surface area contributed by atoms with Crippen LogP contribution >= 0.6 is 0 Å². The van der Waals surface area contributed by atoms with Crippen molar-refractivity contribution in [1.82, 2.24) is 0 Å². The molecule has 1 aromatic carbocycles.